The highest BCUT2D eigenvalue weighted by atomic mass is 16.7. The van der Waals surface area contributed by atoms with Crippen molar-refractivity contribution in [3.05, 3.63) is 0 Å². The van der Waals surface area contributed by atoms with Gasteiger partial charge in [-0.05, 0) is 43.4 Å². The van der Waals surface area contributed by atoms with E-state index in [2.05, 4.69) is 0 Å². The molecule has 84 valence electrons. The van der Waals surface area contributed by atoms with E-state index >= 15 is 0 Å². The van der Waals surface area contributed by atoms with Crippen LogP contribution in [-0.4, -0.2) is 24.1 Å². The third kappa shape index (κ3) is 1.78. The molecule has 3 heteroatoms. The number of hydrogen-bond acceptors (Lipinski definition) is 2. The van der Waals surface area contributed by atoms with Crippen molar-refractivity contribution in [2.75, 3.05) is 13.2 Å². The zero-order valence-electron chi connectivity index (χ0n) is 9.15. The Bertz CT molecular complexity index is 260. The Morgan fingerprint density at radius 2 is 2.27 bits per heavy atom. The topological polar surface area (TPSA) is 29.5 Å². The number of fused-ring (bicyclic) bond motifs is 2. The van der Waals surface area contributed by atoms with Crippen LogP contribution in [-0.2, 0) is 9.63 Å². The van der Waals surface area contributed by atoms with Gasteiger partial charge in [-0.25, -0.2) is 5.06 Å². The van der Waals surface area contributed by atoms with E-state index in [1.54, 1.807) is 5.06 Å². The van der Waals surface area contributed by atoms with Crippen molar-refractivity contribution in [3.8, 4) is 0 Å². The molecule has 0 aromatic rings. The number of carbonyl (C=O) groups excluding carboxylic acids is 1. The fraction of sp³-hybridized carbons (Fsp3) is 0.917. The third-order valence-corrected chi connectivity index (χ3v) is 4.35. The van der Waals surface area contributed by atoms with Gasteiger partial charge in [0.15, 0.2) is 0 Å². The van der Waals surface area contributed by atoms with Gasteiger partial charge in [-0.15, -0.1) is 0 Å². The number of nitrogens with zero attached hydrogens (tertiary/aromatic N) is 1. The number of rotatable bonds is 2. The third-order valence-electron chi connectivity index (χ3n) is 4.35. The summed E-state index contributed by atoms with van der Waals surface area (Å²) < 4.78 is 0. The first kappa shape index (κ1) is 9.64. The smallest absolute Gasteiger partial charge is 0.246 e. The Kier molecular flexibility index (Phi) is 2.43. The van der Waals surface area contributed by atoms with Crippen molar-refractivity contribution in [3.63, 3.8) is 0 Å². The molecule has 2 aliphatic carbocycles. The second-order valence-corrected chi connectivity index (χ2v) is 5.32. The molecular weight excluding hydrogens is 190 g/mol. The van der Waals surface area contributed by atoms with Gasteiger partial charge in [-0.1, -0.05) is 6.42 Å². The number of hydroxylamine groups is 2. The molecule has 3 atom stereocenters. The van der Waals surface area contributed by atoms with Gasteiger partial charge in [-0.3, -0.25) is 9.63 Å². The molecule has 1 aliphatic heterocycles. The molecule has 3 aliphatic rings. The first-order valence-electron chi connectivity index (χ1n) is 6.26. The normalized spacial score (nSPS) is 38.9. The van der Waals surface area contributed by atoms with Crippen LogP contribution in [0, 0.1) is 17.8 Å². The van der Waals surface area contributed by atoms with Crippen molar-refractivity contribution in [1.82, 2.24) is 5.06 Å². The lowest BCUT2D eigenvalue weighted by Crippen LogP contribution is -2.29. The number of carbonyl (C=O) groups is 1. The largest absolute Gasteiger partial charge is 0.273 e. The summed E-state index contributed by atoms with van der Waals surface area (Å²) in [5.41, 5.74) is 0. The van der Waals surface area contributed by atoms with Crippen molar-refractivity contribution < 1.29 is 9.63 Å². The second-order valence-electron chi connectivity index (χ2n) is 5.32. The highest BCUT2D eigenvalue weighted by Gasteiger charge is 2.40. The van der Waals surface area contributed by atoms with E-state index in [1.807, 2.05) is 0 Å². The van der Waals surface area contributed by atoms with Crippen LogP contribution in [0.3, 0.4) is 0 Å². The average Bonchev–Trinajstić information content (AvgIpc) is 2.95. The Hall–Kier alpha value is -0.570. The van der Waals surface area contributed by atoms with Crippen molar-refractivity contribution in [2.24, 2.45) is 17.8 Å². The summed E-state index contributed by atoms with van der Waals surface area (Å²) in [5, 5.41) is 1.59. The lowest BCUT2D eigenvalue weighted by molar-refractivity contribution is -0.170. The number of amides is 1. The fourth-order valence-electron chi connectivity index (χ4n) is 3.60. The van der Waals surface area contributed by atoms with Crippen LogP contribution >= 0.6 is 0 Å². The molecule has 1 amide bonds. The summed E-state index contributed by atoms with van der Waals surface area (Å²) in [7, 11) is 0. The van der Waals surface area contributed by atoms with Gasteiger partial charge in [0.05, 0.1) is 13.2 Å². The van der Waals surface area contributed by atoms with E-state index in [0.717, 1.165) is 37.8 Å². The standard InChI is InChI=1S/C12H19NO2/c14-12(13-4-1-5-15-13)8-11-7-9-2-3-10(11)6-9/h9-11H,1-8H2. The van der Waals surface area contributed by atoms with Crippen LogP contribution in [0.25, 0.3) is 0 Å². The van der Waals surface area contributed by atoms with Crippen molar-refractivity contribution >= 4 is 5.91 Å². The van der Waals surface area contributed by atoms with Crippen LogP contribution in [0.1, 0.15) is 38.5 Å². The molecule has 2 saturated carbocycles. The minimum absolute atomic E-state index is 0.227. The molecule has 0 aromatic heterocycles. The molecule has 1 heterocycles. The SMILES string of the molecule is O=C(CC1CC2CCC1C2)N1CCCO1. The van der Waals surface area contributed by atoms with Crippen molar-refractivity contribution in [1.29, 1.82) is 0 Å². The molecule has 0 spiro atoms. The van der Waals surface area contributed by atoms with Crippen LogP contribution in [0.15, 0.2) is 0 Å². The predicted molar refractivity (Wildman–Crippen MR) is 55.8 cm³/mol. The van der Waals surface area contributed by atoms with E-state index < -0.39 is 0 Å². The van der Waals surface area contributed by atoms with Gasteiger partial charge in [-0.2, -0.15) is 0 Å². The second kappa shape index (κ2) is 3.78. The Morgan fingerprint density at radius 1 is 1.33 bits per heavy atom. The van der Waals surface area contributed by atoms with E-state index in [4.69, 9.17) is 4.84 Å². The van der Waals surface area contributed by atoms with Gasteiger partial charge in [0.25, 0.3) is 0 Å². The van der Waals surface area contributed by atoms with Gasteiger partial charge < -0.3 is 0 Å². The van der Waals surface area contributed by atoms with E-state index in [0.29, 0.717) is 5.92 Å². The molecule has 0 N–H and O–H groups in total. The monoisotopic (exact) mass is 209 g/mol. The molecule has 3 rings (SSSR count). The highest BCUT2D eigenvalue weighted by Crippen LogP contribution is 2.49. The molecule has 0 radical (unpaired) electrons. The highest BCUT2D eigenvalue weighted by molar-refractivity contribution is 5.75. The zero-order chi connectivity index (χ0) is 10.3. The molecule has 3 fully saturated rings. The molecule has 15 heavy (non-hydrogen) atoms. The maximum absolute atomic E-state index is 11.9. The van der Waals surface area contributed by atoms with Crippen molar-refractivity contribution in [2.45, 2.75) is 38.5 Å². The summed E-state index contributed by atoms with van der Waals surface area (Å²) in [6, 6.07) is 0. The summed E-state index contributed by atoms with van der Waals surface area (Å²) in [6.07, 6.45) is 7.20. The Balaban J connectivity index is 1.54. The van der Waals surface area contributed by atoms with E-state index in [-0.39, 0.29) is 5.91 Å². The summed E-state index contributed by atoms with van der Waals surface area (Å²) in [6.45, 7) is 1.53. The maximum atomic E-state index is 11.9. The molecule has 3 unspecified atom stereocenters. The van der Waals surface area contributed by atoms with Gasteiger partial charge in [0.2, 0.25) is 5.91 Å². The van der Waals surface area contributed by atoms with Crippen LogP contribution in [0.2, 0.25) is 0 Å². The first-order chi connectivity index (χ1) is 7.33. The molecule has 0 aromatic carbocycles. The summed E-state index contributed by atoms with van der Waals surface area (Å²) in [5.74, 6) is 2.68. The average molecular weight is 209 g/mol. The summed E-state index contributed by atoms with van der Waals surface area (Å²) >= 11 is 0. The minimum Gasteiger partial charge on any atom is -0.273 e. The minimum atomic E-state index is 0.227. The summed E-state index contributed by atoms with van der Waals surface area (Å²) in [4.78, 5) is 17.2. The zero-order valence-corrected chi connectivity index (χ0v) is 9.15. The molecule has 1 saturated heterocycles. The van der Waals surface area contributed by atoms with E-state index in [9.17, 15) is 4.79 Å². The predicted octanol–water partition coefficient (Wildman–Crippen LogP) is 1.98. The molecular formula is C12H19NO2. The van der Waals surface area contributed by atoms with Crippen LogP contribution < -0.4 is 0 Å². The lowest BCUT2D eigenvalue weighted by Gasteiger charge is -2.23. The first-order valence-corrected chi connectivity index (χ1v) is 6.26. The van der Waals surface area contributed by atoms with E-state index in [1.165, 1.54) is 25.7 Å². The number of hydrogen-bond donors (Lipinski definition) is 0. The van der Waals surface area contributed by atoms with Crippen LogP contribution in [0.5, 0.6) is 0 Å². The Labute approximate surface area is 90.7 Å². The molecule has 2 bridgehead atoms. The lowest BCUT2D eigenvalue weighted by atomic mass is 9.86. The fourth-order valence-corrected chi connectivity index (χ4v) is 3.60. The van der Waals surface area contributed by atoms with Gasteiger partial charge >= 0.3 is 0 Å². The van der Waals surface area contributed by atoms with Gasteiger partial charge in [0, 0.05) is 6.42 Å². The molecule has 3 nitrogen and oxygen atoms in total. The maximum Gasteiger partial charge on any atom is 0.246 e. The van der Waals surface area contributed by atoms with Gasteiger partial charge in [0.1, 0.15) is 0 Å². The Morgan fingerprint density at radius 3 is 2.87 bits per heavy atom. The quantitative estimate of drug-likeness (QED) is 0.696. The van der Waals surface area contributed by atoms with Crippen LogP contribution in [0.4, 0.5) is 0 Å².